The molecule has 2 heterocycles. The summed E-state index contributed by atoms with van der Waals surface area (Å²) < 4.78 is 32.5. The van der Waals surface area contributed by atoms with Gasteiger partial charge < -0.3 is 19.5 Å². The Balaban J connectivity index is 0.000000336. The number of fused-ring (bicyclic) bond motifs is 1. The van der Waals surface area contributed by atoms with Crippen molar-refractivity contribution >= 4 is 34.9 Å². The molecule has 0 bridgehead atoms. The lowest BCUT2D eigenvalue weighted by Crippen LogP contribution is -2.46. The molecule has 1 aromatic heterocycles. The van der Waals surface area contributed by atoms with Crippen molar-refractivity contribution in [1.82, 2.24) is 24.5 Å². The fourth-order valence-electron chi connectivity index (χ4n) is 5.37. The summed E-state index contributed by atoms with van der Waals surface area (Å²) in [6.45, 7) is 13.7. The van der Waals surface area contributed by atoms with Crippen molar-refractivity contribution in [3.8, 4) is 0 Å². The Kier molecular flexibility index (Phi) is 11.5. The molecular weight excluding hydrogens is 530 g/mol. The first-order chi connectivity index (χ1) is 18.8. The molecule has 2 fully saturated rings. The van der Waals surface area contributed by atoms with E-state index in [0.29, 0.717) is 18.8 Å². The zero-order valence-electron chi connectivity index (χ0n) is 25.5. The van der Waals surface area contributed by atoms with Gasteiger partial charge in [0.05, 0.1) is 16.7 Å². The first kappa shape index (κ1) is 32.4. The van der Waals surface area contributed by atoms with Gasteiger partial charge in [-0.15, -0.1) is 0 Å². The van der Waals surface area contributed by atoms with Gasteiger partial charge in [-0.1, -0.05) is 40.5 Å². The topological polar surface area (TPSA) is 65.4 Å². The largest absolute Gasteiger partial charge is 0.341 e. The molecule has 2 aliphatic rings. The van der Waals surface area contributed by atoms with E-state index in [1.807, 2.05) is 0 Å². The number of aromatic nitrogens is 2. The van der Waals surface area contributed by atoms with Crippen LogP contribution in [0.5, 0.6) is 0 Å². The number of nitrogens with one attached hydrogen (secondary N) is 2. The van der Waals surface area contributed by atoms with Crippen LogP contribution >= 0.6 is 12.1 Å². The smallest absolute Gasteiger partial charge is 0.314 e. The predicted octanol–water partition coefficient (Wildman–Crippen LogP) is 7.36. The summed E-state index contributed by atoms with van der Waals surface area (Å²) in [7, 11) is 3.75. The lowest BCUT2D eigenvalue weighted by atomic mass is 9.91. The van der Waals surface area contributed by atoms with Crippen molar-refractivity contribution in [2.24, 2.45) is 5.92 Å². The molecule has 1 aromatic carbocycles. The number of carbonyl (C=O) groups excluding carboxylic acids is 1. The standard InChI is InChI=1S/C21H34N6OS.C9H16F2/c1-7-27-18-9-8-16(14-17(18)24-19(27)21(2,3)4)25(6)29-26-12-10-15(11-13-26)23-20(28)22-5;1-8-4-2-3-6-9(10,11)7-5-8/h8-9,14-15H,7,10-13H2,1-6H3,(H2,22,23,28);8H,2-7H2,1H3. The van der Waals surface area contributed by atoms with E-state index in [1.54, 1.807) is 19.2 Å². The van der Waals surface area contributed by atoms with Crippen LogP contribution in [0.25, 0.3) is 11.0 Å². The number of imidazole rings is 1. The molecule has 0 radical (unpaired) electrons. The maximum absolute atomic E-state index is 12.8. The van der Waals surface area contributed by atoms with Crippen LogP contribution in [0.4, 0.5) is 19.3 Å². The quantitative estimate of drug-likeness (QED) is 0.362. The second kappa shape index (κ2) is 14.2. The number of amides is 2. The van der Waals surface area contributed by atoms with E-state index in [9.17, 15) is 13.6 Å². The number of piperidine rings is 1. The van der Waals surface area contributed by atoms with Gasteiger partial charge in [0.1, 0.15) is 5.82 Å². The van der Waals surface area contributed by atoms with Crippen LogP contribution in [-0.4, -0.2) is 59.0 Å². The van der Waals surface area contributed by atoms with E-state index in [4.69, 9.17) is 4.98 Å². The summed E-state index contributed by atoms with van der Waals surface area (Å²) in [4.78, 5) is 16.4. The summed E-state index contributed by atoms with van der Waals surface area (Å²) in [6, 6.07) is 6.71. The zero-order valence-corrected chi connectivity index (χ0v) is 26.3. The number of anilines is 1. The zero-order chi connectivity index (χ0) is 29.5. The molecule has 7 nitrogen and oxygen atoms in total. The van der Waals surface area contributed by atoms with Crippen LogP contribution in [0.15, 0.2) is 18.2 Å². The predicted molar refractivity (Wildman–Crippen MR) is 164 cm³/mol. The summed E-state index contributed by atoms with van der Waals surface area (Å²) in [6.07, 6.45) is 5.66. The van der Waals surface area contributed by atoms with E-state index in [1.165, 1.54) is 5.52 Å². The Morgan fingerprint density at radius 3 is 2.48 bits per heavy atom. The van der Waals surface area contributed by atoms with Crippen LogP contribution in [0.2, 0.25) is 0 Å². The molecule has 10 heteroatoms. The molecular formula is C30H50F2N6OS. The van der Waals surface area contributed by atoms with Gasteiger partial charge in [0, 0.05) is 70.2 Å². The lowest BCUT2D eigenvalue weighted by Gasteiger charge is -2.33. The number of aryl methyl sites for hydroxylation is 1. The van der Waals surface area contributed by atoms with Crippen molar-refractivity contribution in [3.63, 3.8) is 0 Å². The van der Waals surface area contributed by atoms with Crippen molar-refractivity contribution in [3.05, 3.63) is 24.0 Å². The monoisotopic (exact) mass is 580 g/mol. The maximum atomic E-state index is 12.8. The molecule has 40 heavy (non-hydrogen) atoms. The second-order valence-corrected chi connectivity index (χ2v) is 13.6. The molecule has 226 valence electrons. The van der Waals surface area contributed by atoms with Crippen molar-refractivity contribution in [1.29, 1.82) is 0 Å². The highest BCUT2D eigenvalue weighted by atomic mass is 32.2. The van der Waals surface area contributed by atoms with Gasteiger partial charge >= 0.3 is 6.03 Å². The van der Waals surface area contributed by atoms with E-state index in [0.717, 1.165) is 62.3 Å². The van der Waals surface area contributed by atoms with Gasteiger partial charge in [0.2, 0.25) is 5.92 Å². The summed E-state index contributed by atoms with van der Waals surface area (Å²) in [5.74, 6) is -0.733. The molecule has 2 aromatic rings. The fourth-order valence-corrected chi connectivity index (χ4v) is 6.30. The molecule has 1 aliphatic carbocycles. The molecule has 2 N–H and O–H groups in total. The molecule has 1 unspecified atom stereocenters. The minimum atomic E-state index is -2.37. The third-order valence-corrected chi connectivity index (χ3v) is 8.88. The third kappa shape index (κ3) is 9.23. The Hall–Kier alpha value is -2.07. The Labute approximate surface area is 244 Å². The first-order valence-electron chi connectivity index (χ1n) is 14.9. The van der Waals surface area contributed by atoms with E-state index in [2.05, 4.69) is 83.7 Å². The molecule has 0 spiro atoms. The third-order valence-electron chi connectivity index (χ3n) is 7.83. The number of alkyl halides is 2. The minimum Gasteiger partial charge on any atom is -0.341 e. The van der Waals surface area contributed by atoms with Crippen LogP contribution in [0, 0.1) is 5.92 Å². The fraction of sp³-hybridized carbons (Fsp3) is 0.733. The Bertz CT molecular complexity index is 1090. The summed E-state index contributed by atoms with van der Waals surface area (Å²) in [5, 5.41) is 5.64. The van der Waals surface area contributed by atoms with Gasteiger partial charge in [-0.2, -0.15) is 0 Å². The van der Waals surface area contributed by atoms with Crippen LogP contribution in [0.3, 0.4) is 0 Å². The van der Waals surface area contributed by atoms with Gasteiger partial charge in [-0.3, -0.25) is 0 Å². The molecule has 1 aliphatic heterocycles. The van der Waals surface area contributed by atoms with Gasteiger partial charge in [-0.05, 0) is 56.7 Å². The molecule has 2 amide bonds. The van der Waals surface area contributed by atoms with Crippen LogP contribution < -0.4 is 14.9 Å². The lowest BCUT2D eigenvalue weighted by molar-refractivity contribution is -0.0282. The normalized spacial score (nSPS) is 20.7. The average molecular weight is 581 g/mol. The number of carbonyl (C=O) groups is 1. The average Bonchev–Trinajstić information content (AvgIpc) is 3.29. The SMILES string of the molecule is CC1CCCCC(F)(F)CC1.CCn1c(C(C)(C)C)nc2cc(N(C)SN3CCC(NC(=O)NC)CC3)ccc21. The van der Waals surface area contributed by atoms with Crippen LogP contribution in [-0.2, 0) is 12.0 Å². The second-order valence-electron chi connectivity index (χ2n) is 12.4. The number of hydrogen-bond acceptors (Lipinski definition) is 5. The highest BCUT2D eigenvalue weighted by Gasteiger charge is 2.30. The molecule has 1 saturated carbocycles. The minimum absolute atomic E-state index is 0.0168. The summed E-state index contributed by atoms with van der Waals surface area (Å²) >= 11 is 1.73. The molecule has 1 atom stereocenters. The van der Waals surface area contributed by atoms with Crippen molar-refractivity contribution in [2.75, 3.05) is 31.5 Å². The highest BCUT2D eigenvalue weighted by molar-refractivity contribution is 7.98. The van der Waals surface area contributed by atoms with E-state index < -0.39 is 5.92 Å². The molecule has 1 saturated heterocycles. The van der Waals surface area contributed by atoms with Crippen molar-refractivity contribution in [2.45, 2.75) is 110 Å². The number of rotatable bonds is 5. The van der Waals surface area contributed by atoms with E-state index >= 15 is 0 Å². The van der Waals surface area contributed by atoms with Gasteiger partial charge in [0.15, 0.2) is 0 Å². The number of halogens is 2. The Morgan fingerprint density at radius 1 is 1.15 bits per heavy atom. The first-order valence-corrected chi connectivity index (χ1v) is 15.6. The van der Waals surface area contributed by atoms with Crippen LogP contribution in [0.1, 0.15) is 91.8 Å². The number of nitrogens with zero attached hydrogens (tertiary/aromatic N) is 4. The summed E-state index contributed by atoms with van der Waals surface area (Å²) in [5.41, 5.74) is 3.41. The molecule has 4 rings (SSSR count). The Morgan fingerprint density at radius 2 is 1.85 bits per heavy atom. The number of benzene rings is 1. The van der Waals surface area contributed by atoms with Crippen molar-refractivity contribution < 1.29 is 13.6 Å². The highest BCUT2D eigenvalue weighted by Crippen LogP contribution is 2.33. The number of hydrogen-bond donors (Lipinski definition) is 2. The van der Waals surface area contributed by atoms with Gasteiger partial charge in [-0.25, -0.2) is 22.9 Å². The van der Waals surface area contributed by atoms with Gasteiger partial charge in [0.25, 0.3) is 0 Å². The number of urea groups is 1. The maximum Gasteiger partial charge on any atom is 0.314 e. The van der Waals surface area contributed by atoms with E-state index in [-0.39, 0.29) is 30.3 Å².